The van der Waals surface area contributed by atoms with Crippen LogP contribution in [0.3, 0.4) is 0 Å². The summed E-state index contributed by atoms with van der Waals surface area (Å²) in [6.45, 7) is 9.38. The lowest BCUT2D eigenvalue weighted by molar-refractivity contribution is 0.114. The van der Waals surface area contributed by atoms with Gasteiger partial charge in [0.2, 0.25) is 0 Å². The maximum atomic E-state index is 3.66. The van der Waals surface area contributed by atoms with Gasteiger partial charge in [0, 0.05) is 10.4 Å². The first-order valence-electron chi connectivity index (χ1n) is 4.39. The molecule has 0 aromatic heterocycles. The molecule has 1 aliphatic rings. The zero-order valence-corrected chi connectivity index (χ0v) is 9.32. The third kappa shape index (κ3) is 3.44. The van der Waals surface area contributed by atoms with Crippen LogP contribution in [0.2, 0.25) is 0 Å². The molecule has 0 aliphatic carbocycles. The number of hydrogen-bond donors (Lipinski definition) is 0. The SMILES string of the molecule is C.CC(C)(C)N1CCC(Br)CC1. The molecule has 1 aliphatic heterocycles. The molecule has 0 unspecified atom stereocenters. The molecule has 0 spiro atoms. The molecule has 0 amide bonds. The van der Waals surface area contributed by atoms with E-state index in [1.807, 2.05) is 0 Å². The molecule has 0 aromatic rings. The predicted molar refractivity (Wildman–Crippen MR) is 60.0 cm³/mol. The van der Waals surface area contributed by atoms with Crippen LogP contribution in [0.4, 0.5) is 0 Å². The van der Waals surface area contributed by atoms with E-state index in [1.165, 1.54) is 25.9 Å². The Morgan fingerprint density at radius 2 is 1.58 bits per heavy atom. The summed E-state index contributed by atoms with van der Waals surface area (Å²) in [4.78, 5) is 3.33. The molecule has 1 saturated heterocycles. The van der Waals surface area contributed by atoms with E-state index in [0.29, 0.717) is 5.54 Å². The zero-order valence-electron chi connectivity index (χ0n) is 7.73. The largest absolute Gasteiger partial charge is 0.298 e. The first-order valence-corrected chi connectivity index (χ1v) is 5.31. The van der Waals surface area contributed by atoms with Crippen LogP contribution >= 0.6 is 15.9 Å². The van der Waals surface area contributed by atoms with E-state index >= 15 is 0 Å². The van der Waals surface area contributed by atoms with Crippen LogP contribution in [0.5, 0.6) is 0 Å². The molecule has 0 bridgehead atoms. The van der Waals surface area contributed by atoms with Crippen molar-refractivity contribution in [2.75, 3.05) is 13.1 Å². The van der Waals surface area contributed by atoms with Crippen molar-refractivity contribution in [2.45, 2.75) is 51.4 Å². The average molecular weight is 236 g/mol. The standard InChI is InChI=1S/C9H18BrN.CH4/c1-9(2,3)11-6-4-8(10)5-7-11;/h8H,4-7H2,1-3H3;1H4. The van der Waals surface area contributed by atoms with Crippen LogP contribution in [0.1, 0.15) is 41.0 Å². The Hall–Kier alpha value is 0.440. The number of alkyl halides is 1. The summed E-state index contributed by atoms with van der Waals surface area (Å²) < 4.78 is 0. The Labute approximate surface area is 85.7 Å². The minimum absolute atomic E-state index is 0. The van der Waals surface area contributed by atoms with Gasteiger partial charge in [-0.05, 0) is 46.7 Å². The summed E-state index contributed by atoms with van der Waals surface area (Å²) in [7, 11) is 0. The molecule has 1 nitrogen and oxygen atoms in total. The summed E-state index contributed by atoms with van der Waals surface area (Å²) in [5.41, 5.74) is 0.368. The molecule has 12 heavy (non-hydrogen) atoms. The van der Waals surface area contributed by atoms with Crippen molar-refractivity contribution in [1.82, 2.24) is 4.90 Å². The summed E-state index contributed by atoms with van der Waals surface area (Å²) in [6, 6.07) is 0. The first kappa shape index (κ1) is 12.4. The normalized spacial score (nSPS) is 22.0. The topological polar surface area (TPSA) is 3.24 Å². The molecule has 0 atom stereocenters. The van der Waals surface area contributed by atoms with Gasteiger partial charge < -0.3 is 0 Å². The lowest BCUT2D eigenvalue weighted by atomic mass is 10.0. The highest BCUT2D eigenvalue weighted by Crippen LogP contribution is 2.23. The van der Waals surface area contributed by atoms with Gasteiger partial charge in [0.15, 0.2) is 0 Å². The van der Waals surface area contributed by atoms with Gasteiger partial charge in [-0.3, -0.25) is 4.90 Å². The number of piperidine rings is 1. The van der Waals surface area contributed by atoms with E-state index in [0.717, 1.165) is 4.83 Å². The Balaban J connectivity index is 0.00000121. The Morgan fingerprint density at radius 3 is 1.92 bits per heavy atom. The quantitative estimate of drug-likeness (QED) is 0.583. The Bertz CT molecular complexity index is 120. The van der Waals surface area contributed by atoms with Crippen molar-refractivity contribution in [2.24, 2.45) is 0 Å². The fraction of sp³-hybridized carbons (Fsp3) is 1.00. The van der Waals surface area contributed by atoms with Gasteiger partial charge in [0.1, 0.15) is 0 Å². The summed E-state index contributed by atoms with van der Waals surface area (Å²) in [5, 5.41) is 0. The lowest BCUT2D eigenvalue weighted by Crippen LogP contribution is -2.46. The van der Waals surface area contributed by atoms with Crippen LogP contribution in [0.15, 0.2) is 0 Å². The van der Waals surface area contributed by atoms with Crippen LogP contribution in [-0.4, -0.2) is 28.4 Å². The summed E-state index contributed by atoms with van der Waals surface area (Å²) >= 11 is 3.66. The van der Waals surface area contributed by atoms with Crippen molar-refractivity contribution in [1.29, 1.82) is 0 Å². The van der Waals surface area contributed by atoms with E-state index in [4.69, 9.17) is 0 Å². The van der Waals surface area contributed by atoms with E-state index in [-0.39, 0.29) is 7.43 Å². The van der Waals surface area contributed by atoms with Gasteiger partial charge >= 0.3 is 0 Å². The second-order valence-corrected chi connectivity index (χ2v) is 5.63. The van der Waals surface area contributed by atoms with Crippen LogP contribution in [-0.2, 0) is 0 Å². The summed E-state index contributed by atoms with van der Waals surface area (Å²) in [6.07, 6.45) is 2.61. The van der Waals surface area contributed by atoms with Crippen molar-refractivity contribution < 1.29 is 0 Å². The smallest absolute Gasteiger partial charge is 0.0170 e. The van der Waals surface area contributed by atoms with Crippen molar-refractivity contribution >= 4 is 15.9 Å². The average Bonchev–Trinajstić information content (AvgIpc) is 1.86. The Morgan fingerprint density at radius 1 is 1.17 bits per heavy atom. The molecular formula is C10H22BrN. The number of nitrogens with zero attached hydrogens (tertiary/aromatic N) is 1. The highest BCUT2D eigenvalue weighted by atomic mass is 79.9. The minimum atomic E-state index is 0. The fourth-order valence-corrected chi connectivity index (χ4v) is 1.93. The molecule has 0 saturated carbocycles. The van der Waals surface area contributed by atoms with Crippen LogP contribution in [0.25, 0.3) is 0 Å². The second-order valence-electron chi connectivity index (χ2n) is 4.33. The van der Waals surface area contributed by atoms with E-state index in [9.17, 15) is 0 Å². The van der Waals surface area contributed by atoms with E-state index in [1.54, 1.807) is 0 Å². The first-order chi connectivity index (χ1) is 5.00. The molecule has 0 radical (unpaired) electrons. The highest BCUT2D eigenvalue weighted by molar-refractivity contribution is 9.09. The molecule has 0 aromatic carbocycles. The van der Waals surface area contributed by atoms with E-state index < -0.39 is 0 Å². The third-order valence-electron chi connectivity index (χ3n) is 2.37. The maximum absolute atomic E-state index is 3.66. The summed E-state index contributed by atoms with van der Waals surface area (Å²) in [5.74, 6) is 0. The number of hydrogen-bond acceptors (Lipinski definition) is 1. The highest BCUT2D eigenvalue weighted by Gasteiger charge is 2.25. The van der Waals surface area contributed by atoms with Crippen LogP contribution < -0.4 is 0 Å². The van der Waals surface area contributed by atoms with Gasteiger partial charge in [0.05, 0.1) is 0 Å². The molecular weight excluding hydrogens is 214 g/mol. The molecule has 2 heteroatoms. The maximum Gasteiger partial charge on any atom is 0.0170 e. The van der Waals surface area contributed by atoms with Gasteiger partial charge in [-0.1, -0.05) is 23.4 Å². The van der Waals surface area contributed by atoms with Crippen molar-refractivity contribution in [3.63, 3.8) is 0 Å². The van der Waals surface area contributed by atoms with Crippen molar-refractivity contribution in [3.8, 4) is 0 Å². The number of rotatable bonds is 0. The lowest BCUT2D eigenvalue weighted by Gasteiger charge is -2.39. The van der Waals surface area contributed by atoms with Crippen molar-refractivity contribution in [3.05, 3.63) is 0 Å². The molecule has 1 fully saturated rings. The molecule has 74 valence electrons. The Kier molecular flexibility index (Phi) is 4.78. The number of halogens is 1. The zero-order chi connectivity index (χ0) is 8.48. The minimum Gasteiger partial charge on any atom is -0.298 e. The van der Waals surface area contributed by atoms with Gasteiger partial charge in [-0.15, -0.1) is 0 Å². The van der Waals surface area contributed by atoms with Gasteiger partial charge in [0.25, 0.3) is 0 Å². The van der Waals surface area contributed by atoms with Crippen LogP contribution in [0, 0.1) is 0 Å². The molecule has 0 N–H and O–H groups in total. The molecule has 1 heterocycles. The monoisotopic (exact) mass is 235 g/mol. The third-order valence-corrected chi connectivity index (χ3v) is 3.29. The molecule has 1 rings (SSSR count). The predicted octanol–water partition coefficient (Wildman–Crippen LogP) is 3.28. The van der Waals surface area contributed by atoms with Gasteiger partial charge in [-0.25, -0.2) is 0 Å². The number of likely N-dealkylation sites (tertiary alicyclic amines) is 1. The van der Waals surface area contributed by atoms with Gasteiger partial charge in [-0.2, -0.15) is 0 Å². The van der Waals surface area contributed by atoms with E-state index in [2.05, 4.69) is 41.6 Å². The second kappa shape index (κ2) is 4.61. The fourth-order valence-electron chi connectivity index (χ4n) is 1.52.